The van der Waals surface area contributed by atoms with E-state index >= 15 is 0 Å². The standard InChI is InChI=1S/C19H27N3O3/c1-15-19(24)22(16-5-7-17(25-2)8-6-16)14-13-20(15)12-9-18(23)21-10-3-4-11-21/h5-8,15H,3-4,9-14H2,1-2H3. The maximum atomic E-state index is 12.7. The fourth-order valence-electron chi connectivity index (χ4n) is 3.60. The summed E-state index contributed by atoms with van der Waals surface area (Å²) in [6.07, 6.45) is 2.72. The number of benzene rings is 1. The molecule has 1 atom stereocenters. The van der Waals surface area contributed by atoms with E-state index in [1.807, 2.05) is 41.0 Å². The van der Waals surface area contributed by atoms with Crippen molar-refractivity contribution in [1.82, 2.24) is 9.80 Å². The van der Waals surface area contributed by atoms with E-state index in [0.29, 0.717) is 19.5 Å². The molecular formula is C19H27N3O3. The first kappa shape index (κ1) is 17.7. The van der Waals surface area contributed by atoms with E-state index in [1.165, 1.54) is 0 Å². The molecule has 0 saturated carbocycles. The minimum Gasteiger partial charge on any atom is -0.497 e. The Balaban J connectivity index is 1.56. The predicted octanol–water partition coefficient (Wildman–Crippen LogP) is 1.74. The lowest BCUT2D eigenvalue weighted by atomic mass is 10.1. The average Bonchev–Trinajstić information content (AvgIpc) is 3.18. The number of methoxy groups -OCH3 is 1. The van der Waals surface area contributed by atoms with Gasteiger partial charge in [-0.05, 0) is 44.0 Å². The lowest BCUT2D eigenvalue weighted by Crippen LogP contribution is -2.56. The summed E-state index contributed by atoms with van der Waals surface area (Å²) >= 11 is 0. The highest BCUT2D eigenvalue weighted by atomic mass is 16.5. The van der Waals surface area contributed by atoms with Gasteiger partial charge in [0.2, 0.25) is 11.8 Å². The van der Waals surface area contributed by atoms with Gasteiger partial charge in [0.15, 0.2) is 0 Å². The Morgan fingerprint density at radius 3 is 2.44 bits per heavy atom. The lowest BCUT2D eigenvalue weighted by molar-refractivity contribution is -0.132. The molecule has 2 fully saturated rings. The molecule has 6 nitrogen and oxygen atoms in total. The van der Waals surface area contributed by atoms with Crippen molar-refractivity contribution < 1.29 is 14.3 Å². The van der Waals surface area contributed by atoms with Crippen LogP contribution in [0.1, 0.15) is 26.2 Å². The third-order valence-corrected chi connectivity index (χ3v) is 5.24. The number of hydrogen-bond acceptors (Lipinski definition) is 4. The van der Waals surface area contributed by atoms with Crippen molar-refractivity contribution >= 4 is 17.5 Å². The summed E-state index contributed by atoms with van der Waals surface area (Å²) in [5.41, 5.74) is 0.894. The highest BCUT2D eigenvalue weighted by molar-refractivity contribution is 5.97. The van der Waals surface area contributed by atoms with E-state index in [1.54, 1.807) is 7.11 Å². The Bertz CT molecular complexity index is 611. The van der Waals surface area contributed by atoms with Gasteiger partial charge in [-0.3, -0.25) is 14.5 Å². The molecule has 136 valence electrons. The zero-order valence-electron chi connectivity index (χ0n) is 15.1. The van der Waals surface area contributed by atoms with Gasteiger partial charge in [-0.2, -0.15) is 0 Å². The van der Waals surface area contributed by atoms with Crippen LogP contribution in [0.3, 0.4) is 0 Å². The van der Waals surface area contributed by atoms with Gasteiger partial charge in [-0.1, -0.05) is 0 Å². The number of ether oxygens (including phenoxy) is 1. The number of anilines is 1. The van der Waals surface area contributed by atoms with Gasteiger partial charge >= 0.3 is 0 Å². The molecular weight excluding hydrogens is 318 g/mol. The molecule has 2 heterocycles. The molecule has 1 aromatic rings. The second-order valence-electron chi connectivity index (χ2n) is 6.74. The number of rotatable bonds is 5. The summed E-state index contributed by atoms with van der Waals surface area (Å²) in [5, 5.41) is 0. The van der Waals surface area contributed by atoms with Gasteiger partial charge in [0, 0.05) is 44.8 Å². The van der Waals surface area contributed by atoms with E-state index in [0.717, 1.165) is 43.9 Å². The van der Waals surface area contributed by atoms with Crippen LogP contribution < -0.4 is 9.64 Å². The minimum atomic E-state index is -0.206. The van der Waals surface area contributed by atoms with Crippen molar-refractivity contribution in [3.05, 3.63) is 24.3 Å². The quantitative estimate of drug-likeness (QED) is 0.816. The highest BCUT2D eigenvalue weighted by Crippen LogP contribution is 2.23. The van der Waals surface area contributed by atoms with Crippen molar-refractivity contribution in [2.75, 3.05) is 44.7 Å². The van der Waals surface area contributed by atoms with Crippen LogP contribution in [0.2, 0.25) is 0 Å². The molecule has 0 aliphatic carbocycles. The monoisotopic (exact) mass is 345 g/mol. The fraction of sp³-hybridized carbons (Fsp3) is 0.579. The first-order valence-electron chi connectivity index (χ1n) is 9.07. The molecule has 0 radical (unpaired) electrons. The van der Waals surface area contributed by atoms with Crippen LogP contribution in [0, 0.1) is 0 Å². The zero-order valence-corrected chi connectivity index (χ0v) is 15.1. The molecule has 3 rings (SSSR count). The number of piperazine rings is 1. The normalized spacial score (nSPS) is 21.7. The maximum Gasteiger partial charge on any atom is 0.244 e. The molecule has 6 heteroatoms. The summed E-state index contributed by atoms with van der Waals surface area (Å²) in [4.78, 5) is 30.9. The predicted molar refractivity (Wildman–Crippen MR) is 96.8 cm³/mol. The van der Waals surface area contributed by atoms with Crippen LogP contribution in [0.25, 0.3) is 0 Å². The van der Waals surface area contributed by atoms with Crippen LogP contribution in [-0.2, 0) is 9.59 Å². The van der Waals surface area contributed by atoms with Crippen LogP contribution in [0.15, 0.2) is 24.3 Å². The smallest absolute Gasteiger partial charge is 0.244 e. The molecule has 0 bridgehead atoms. The number of nitrogens with zero attached hydrogens (tertiary/aromatic N) is 3. The summed E-state index contributed by atoms with van der Waals surface area (Å²) in [7, 11) is 1.63. The fourth-order valence-corrected chi connectivity index (χ4v) is 3.60. The molecule has 2 aliphatic heterocycles. The molecule has 0 N–H and O–H groups in total. The summed E-state index contributed by atoms with van der Waals surface area (Å²) in [5.74, 6) is 1.09. The molecule has 2 aliphatic rings. The lowest BCUT2D eigenvalue weighted by Gasteiger charge is -2.39. The highest BCUT2D eigenvalue weighted by Gasteiger charge is 2.32. The van der Waals surface area contributed by atoms with Gasteiger partial charge in [0.25, 0.3) is 0 Å². The minimum absolute atomic E-state index is 0.0880. The van der Waals surface area contributed by atoms with Gasteiger partial charge in [0.05, 0.1) is 13.2 Å². The molecule has 0 aromatic heterocycles. The van der Waals surface area contributed by atoms with Gasteiger partial charge in [-0.15, -0.1) is 0 Å². The summed E-state index contributed by atoms with van der Waals surface area (Å²) in [6.45, 7) is 5.79. The van der Waals surface area contributed by atoms with Crippen molar-refractivity contribution in [3.63, 3.8) is 0 Å². The van der Waals surface area contributed by atoms with E-state index in [4.69, 9.17) is 4.74 Å². The molecule has 25 heavy (non-hydrogen) atoms. The zero-order chi connectivity index (χ0) is 17.8. The number of likely N-dealkylation sites (tertiary alicyclic amines) is 1. The maximum absolute atomic E-state index is 12.7. The van der Waals surface area contributed by atoms with Crippen molar-refractivity contribution in [1.29, 1.82) is 0 Å². The Kier molecular flexibility index (Phi) is 5.58. The van der Waals surface area contributed by atoms with Gasteiger partial charge in [-0.25, -0.2) is 0 Å². The second-order valence-corrected chi connectivity index (χ2v) is 6.74. The van der Waals surface area contributed by atoms with E-state index < -0.39 is 0 Å². The van der Waals surface area contributed by atoms with E-state index in [2.05, 4.69) is 4.90 Å². The topological polar surface area (TPSA) is 53.1 Å². The average molecular weight is 345 g/mol. The molecule has 2 amide bonds. The van der Waals surface area contributed by atoms with Crippen LogP contribution in [-0.4, -0.2) is 67.5 Å². The van der Waals surface area contributed by atoms with E-state index in [9.17, 15) is 9.59 Å². The Hall–Kier alpha value is -2.08. The number of hydrogen-bond donors (Lipinski definition) is 0. The third kappa shape index (κ3) is 3.95. The third-order valence-electron chi connectivity index (χ3n) is 5.24. The molecule has 2 saturated heterocycles. The molecule has 0 spiro atoms. The van der Waals surface area contributed by atoms with Crippen LogP contribution in [0.4, 0.5) is 5.69 Å². The van der Waals surface area contributed by atoms with Gasteiger partial charge < -0.3 is 14.5 Å². The Morgan fingerprint density at radius 1 is 1.12 bits per heavy atom. The second kappa shape index (κ2) is 7.87. The number of amides is 2. The van der Waals surface area contributed by atoms with Crippen molar-refractivity contribution in [3.8, 4) is 5.75 Å². The molecule has 1 aromatic carbocycles. The first-order chi connectivity index (χ1) is 12.1. The molecule has 1 unspecified atom stereocenters. The first-order valence-corrected chi connectivity index (χ1v) is 9.07. The largest absolute Gasteiger partial charge is 0.497 e. The Labute approximate surface area is 149 Å². The van der Waals surface area contributed by atoms with Crippen molar-refractivity contribution in [2.24, 2.45) is 0 Å². The SMILES string of the molecule is COc1ccc(N2CCN(CCC(=O)N3CCCC3)C(C)C2=O)cc1. The van der Waals surface area contributed by atoms with Crippen molar-refractivity contribution in [2.45, 2.75) is 32.2 Å². The summed E-state index contributed by atoms with van der Waals surface area (Å²) in [6, 6.07) is 7.36. The van der Waals surface area contributed by atoms with Crippen LogP contribution >= 0.6 is 0 Å². The van der Waals surface area contributed by atoms with Crippen LogP contribution in [0.5, 0.6) is 5.75 Å². The number of carbonyl (C=O) groups excluding carboxylic acids is 2. The van der Waals surface area contributed by atoms with Gasteiger partial charge in [0.1, 0.15) is 5.75 Å². The van der Waals surface area contributed by atoms with E-state index in [-0.39, 0.29) is 17.9 Å². The Morgan fingerprint density at radius 2 is 1.80 bits per heavy atom. The summed E-state index contributed by atoms with van der Waals surface area (Å²) < 4.78 is 5.17. The number of carbonyl (C=O) groups is 2.